The van der Waals surface area contributed by atoms with E-state index in [1.54, 1.807) is 23.9 Å². The maximum Gasteiger partial charge on any atom is 0.272 e. The fraction of sp³-hybridized carbons (Fsp3) is 0.292. The maximum atomic E-state index is 13.2. The molecular formula is C24H25ClN4O2. The summed E-state index contributed by atoms with van der Waals surface area (Å²) in [4.78, 5) is 27.1. The molecule has 1 aliphatic rings. The molecule has 0 radical (unpaired) electrons. The first-order valence-electron chi connectivity index (χ1n) is 10.3. The molecule has 31 heavy (non-hydrogen) atoms. The highest BCUT2D eigenvalue weighted by Crippen LogP contribution is 2.30. The number of rotatable bonds is 5. The number of likely N-dealkylation sites (N-methyl/N-ethyl adjacent to an activating group) is 1. The van der Waals surface area contributed by atoms with E-state index in [0.717, 1.165) is 16.7 Å². The van der Waals surface area contributed by atoms with Crippen LogP contribution < -0.4 is 5.32 Å². The minimum Gasteiger partial charge on any atom is -0.359 e. The van der Waals surface area contributed by atoms with E-state index < -0.39 is 0 Å². The van der Waals surface area contributed by atoms with Crippen molar-refractivity contribution in [1.82, 2.24) is 20.0 Å². The zero-order chi connectivity index (χ0) is 22.1. The number of carbonyl (C=O) groups is 2. The van der Waals surface area contributed by atoms with E-state index in [2.05, 4.69) is 36.5 Å². The molecule has 4 rings (SSSR count). The SMILES string of the molecule is CNC(=O)Cc1cc(Cl)ccc1-c1cc2n(n1)[C@@H](C)CN(Cc1ccc(C)cc1)C2=O. The topological polar surface area (TPSA) is 67.2 Å². The molecule has 2 heterocycles. The van der Waals surface area contributed by atoms with Crippen LogP contribution >= 0.6 is 11.6 Å². The number of aromatic nitrogens is 2. The van der Waals surface area contributed by atoms with Crippen molar-refractivity contribution in [3.63, 3.8) is 0 Å². The van der Waals surface area contributed by atoms with Crippen molar-refractivity contribution < 1.29 is 9.59 Å². The summed E-state index contributed by atoms with van der Waals surface area (Å²) in [7, 11) is 1.60. The Balaban J connectivity index is 1.66. The molecule has 1 N–H and O–H groups in total. The second-order valence-electron chi connectivity index (χ2n) is 8.03. The monoisotopic (exact) mass is 436 g/mol. The Kier molecular flexibility index (Phi) is 5.83. The summed E-state index contributed by atoms with van der Waals surface area (Å²) in [6, 6.07) is 15.5. The molecule has 160 valence electrons. The molecule has 6 nitrogen and oxygen atoms in total. The zero-order valence-corrected chi connectivity index (χ0v) is 18.6. The van der Waals surface area contributed by atoms with E-state index in [1.165, 1.54) is 5.56 Å². The van der Waals surface area contributed by atoms with Gasteiger partial charge in [0.25, 0.3) is 5.91 Å². The average Bonchev–Trinajstić information content (AvgIpc) is 3.19. The van der Waals surface area contributed by atoms with Gasteiger partial charge in [0.1, 0.15) is 5.69 Å². The summed E-state index contributed by atoms with van der Waals surface area (Å²) in [6.07, 6.45) is 0.192. The Labute approximate surface area is 186 Å². The van der Waals surface area contributed by atoms with Gasteiger partial charge in [-0.15, -0.1) is 0 Å². The van der Waals surface area contributed by atoms with Gasteiger partial charge in [0.15, 0.2) is 0 Å². The van der Waals surface area contributed by atoms with E-state index in [-0.39, 0.29) is 24.3 Å². The van der Waals surface area contributed by atoms with Gasteiger partial charge < -0.3 is 10.2 Å². The Morgan fingerprint density at radius 1 is 1.19 bits per heavy atom. The third-order valence-corrected chi connectivity index (χ3v) is 5.85. The van der Waals surface area contributed by atoms with Crippen molar-refractivity contribution >= 4 is 23.4 Å². The summed E-state index contributed by atoms with van der Waals surface area (Å²) in [6.45, 7) is 5.26. The van der Waals surface area contributed by atoms with Crippen LogP contribution in [0.5, 0.6) is 0 Å². The fourth-order valence-corrected chi connectivity index (χ4v) is 4.13. The lowest BCUT2D eigenvalue weighted by Crippen LogP contribution is -2.41. The van der Waals surface area contributed by atoms with Crippen molar-refractivity contribution in [2.45, 2.75) is 32.9 Å². The van der Waals surface area contributed by atoms with Crippen molar-refractivity contribution in [3.8, 4) is 11.3 Å². The van der Waals surface area contributed by atoms with Crippen molar-refractivity contribution in [2.75, 3.05) is 13.6 Å². The fourth-order valence-electron chi connectivity index (χ4n) is 3.93. The van der Waals surface area contributed by atoms with E-state index in [0.29, 0.717) is 29.5 Å². The molecule has 0 aliphatic carbocycles. The summed E-state index contributed by atoms with van der Waals surface area (Å²) < 4.78 is 1.79. The Bertz CT molecular complexity index is 1140. The first-order valence-corrected chi connectivity index (χ1v) is 10.7. The van der Waals surface area contributed by atoms with E-state index >= 15 is 0 Å². The minimum absolute atomic E-state index is 0.0424. The van der Waals surface area contributed by atoms with Crippen LogP contribution in [0.15, 0.2) is 48.5 Å². The second kappa shape index (κ2) is 8.55. The van der Waals surface area contributed by atoms with Gasteiger partial charge in [-0.05, 0) is 43.2 Å². The number of aryl methyl sites for hydroxylation is 1. The van der Waals surface area contributed by atoms with E-state index in [1.807, 2.05) is 24.0 Å². The normalized spacial score (nSPS) is 15.7. The molecule has 1 aromatic heterocycles. The van der Waals surface area contributed by atoms with Gasteiger partial charge in [0.2, 0.25) is 5.91 Å². The first kappa shape index (κ1) is 21.1. The molecule has 3 aromatic rings. The lowest BCUT2D eigenvalue weighted by molar-refractivity contribution is -0.119. The second-order valence-corrected chi connectivity index (χ2v) is 8.47. The zero-order valence-electron chi connectivity index (χ0n) is 17.9. The van der Waals surface area contributed by atoms with Gasteiger partial charge in [-0.25, -0.2) is 0 Å². The standard InChI is InChI=1S/C24H25ClN4O2/c1-15-4-6-17(7-5-15)14-28-13-16(2)29-22(24(28)31)12-21(27-29)20-9-8-19(25)10-18(20)11-23(30)26-3/h4-10,12,16H,11,13-14H2,1-3H3,(H,26,30)/t16-/m0/s1. The molecule has 2 amide bonds. The third kappa shape index (κ3) is 4.35. The quantitative estimate of drug-likeness (QED) is 0.656. The van der Waals surface area contributed by atoms with Gasteiger partial charge in [0.05, 0.1) is 18.2 Å². The van der Waals surface area contributed by atoms with Crippen LogP contribution in [0.1, 0.15) is 40.1 Å². The Hall–Kier alpha value is -3.12. The Morgan fingerprint density at radius 2 is 1.94 bits per heavy atom. The molecule has 1 aliphatic heterocycles. The number of halogens is 1. The lowest BCUT2D eigenvalue weighted by Gasteiger charge is -2.31. The lowest BCUT2D eigenvalue weighted by atomic mass is 10.0. The number of hydrogen-bond acceptors (Lipinski definition) is 3. The average molecular weight is 437 g/mol. The highest BCUT2D eigenvalue weighted by atomic mass is 35.5. The van der Waals surface area contributed by atoms with Gasteiger partial charge in [0, 0.05) is 30.7 Å². The number of hydrogen-bond donors (Lipinski definition) is 1. The van der Waals surface area contributed by atoms with Crippen LogP contribution in [-0.4, -0.2) is 40.1 Å². The summed E-state index contributed by atoms with van der Waals surface area (Å²) >= 11 is 6.17. The van der Waals surface area contributed by atoms with Gasteiger partial charge >= 0.3 is 0 Å². The molecule has 7 heteroatoms. The molecule has 0 spiro atoms. The Morgan fingerprint density at radius 3 is 2.65 bits per heavy atom. The number of carbonyl (C=O) groups excluding carboxylic acids is 2. The summed E-state index contributed by atoms with van der Waals surface area (Å²) in [5.74, 6) is -0.152. The molecular weight excluding hydrogens is 412 g/mol. The van der Waals surface area contributed by atoms with Crippen molar-refractivity contribution in [1.29, 1.82) is 0 Å². The summed E-state index contributed by atoms with van der Waals surface area (Å²) in [5, 5.41) is 7.92. The molecule has 0 saturated heterocycles. The predicted molar refractivity (Wildman–Crippen MR) is 121 cm³/mol. The number of nitrogens with zero attached hydrogens (tertiary/aromatic N) is 3. The van der Waals surface area contributed by atoms with Crippen LogP contribution in [0.4, 0.5) is 0 Å². The van der Waals surface area contributed by atoms with Crippen molar-refractivity contribution in [2.24, 2.45) is 0 Å². The number of nitrogens with one attached hydrogen (secondary N) is 1. The smallest absolute Gasteiger partial charge is 0.272 e. The third-order valence-electron chi connectivity index (χ3n) is 5.61. The molecule has 0 saturated carbocycles. The maximum absolute atomic E-state index is 13.2. The van der Waals surface area contributed by atoms with Crippen LogP contribution in [0.2, 0.25) is 5.02 Å². The summed E-state index contributed by atoms with van der Waals surface area (Å²) in [5.41, 5.74) is 5.11. The van der Waals surface area contributed by atoms with E-state index in [9.17, 15) is 9.59 Å². The van der Waals surface area contributed by atoms with Gasteiger partial charge in [-0.3, -0.25) is 14.3 Å². The number of amides is 2. The predicted octanol–water partition coefficient (Wildman–Crippen LogP) is 4.02. The highest BCUT2D eigenvalue weighted by molar-refractivity contribution is 6.30. The van der Waals surface area contributed by atoms with E-state index in [4.69, 9.17) is 16.7 Å². The first-order chi connectivity index (χ1) is 14.9. The van der Waals surface area contributed by atoms with Crippen LogP contribution in [0.25, 0.3) is 11.3 Å². The molecule has 0 fully saturated rings. The number of fused-ring (bicyclic) bond motifs is 1. The van der Waals surface area contributed by atoms with Crippen LogP contribution in [0.3, 0.4) is 0 Å². The van der Waals surface area contributed by atoms with Gasteiger partial charge in [-0.2, -0.15) is 5.10 Å². The van der Waals surface area contributed by atoms with Crippen LogP contribution in [0, 0.1) is 6.92 Å². The number of benzene rings is 2. The van der Waals surface area contributed by atoms with Crippen molar-refractivity contribution in [3.05, 3.63) is 75.9 Å². The molecule has 1 atom stereocenters. The van der Waals surface area contributed by atoms with Gasteiger partial charge in [-0.1, -0.05) is 47.5 Å². The van der Waals surface area contributed by atoms with Crippen LogP contribution in [-0.2, 0) is 17.8 Å². The molecule has 2 aromatic carbocycles. The molecule has 0 bridgehead atoms. The largest absolute Gasteiger partial charge is 0.359 e. The highest BCUT2D eigenvalue weighted by Gasteiger charge is 2.31. The molecule has 0 unspecified atom stereocenters. The minimum atomic E-state index is -0.110.